The van der Waals surface area contributed by atoms with Crippen molar-refractivity contribution in [3.8, 4) is 0 Å². The normalized spacial score (nSPS) is 15.7. The van der Waals surface area contributed by atoms with Crippen molar-refractivity contribution in [2.45, 2.75) is 38.8 Å². The average molecular weight is 261 g/mol. The van der Waals surface area contributed by atoms with Crippen LogP contribution in [0.1, 0.15) is 26.7 Å². The fourth-order valence-electron chi connectivity index (χ4n) is 1.27. The van der Waals surface area contributed by atoms with Gasteiger partial charge in [-0.05, 0) is 5.92 Å². The lowest BCUT2D eigenvalue weighted by Crippen LogP contribution is -2.55. The van der Waals surface area contributed by atoms with Gasteiger partial charge in [0.1, 0.15) is 12.1 Å². The summed E-state index contributed by atoms with van der Waals surface area (Å²) >= 11 is 0. The number of aliphatic carboxylic acids is 2. The third kappa shape index (κ3) is 5.60. The Balaban J connectivity index is 4.51. The Hall–Kier alpha value is -1.67. The lowest BCUT2D eigenvalue weighted by Gasteiger charge is -2.23. The lowest BCUT2D eigenvalue weighted by atomic mass is 10.00. The Kier molecular flexibility index (Phi) is 6.91. The monoisotopic (exact) mass is 261 g/mol. The van der Waals surface area contributed by atoms with Crippen LogP contribution in [0.4, 0.5) is 0 Å². The summed E-state index contributed by atoms with van der Waals surface area (Å²) in [5, 5.41) is 17.8. The van der Waals surface area contributed by atoms with Gasteiger partial charge in [0.25, 0.3) is 0 Å². The van der Waals surface area contributed by atoms with Gasteiger partial charge in [-0.15, -0.1) is 0 Å². The molecule has 0 aliphatic heterocycles. The summed E-state index contributed by atoms with van der Waals surface area (Å²) in [7, 11) is 0. The topological polar surface area (TPSA) is 142 Å². The molecule has 0 aromatic carbocycles. The van der Waals surface area contributed by atoms with E-state index in [9.17, 15) is 14.4 Å². The van der Waals surface area contributed by atoms with Crippen LogP contribution in [0.5, 0.6) is 0 Å². The second kappa shape index (κ2) is 7.62. The first kappa shape index (κ1) is 16.3. The van der Waals surface area contributed by atoms with Gasteiger partial charge in [0.2, 0.25) is 5.91 Å². The van der Waals surface area contributed by atoms with E-state index in [1.807, 2.05) is 6.92 Å². The number of carbonyl (C=O) groups is 3. The van der Waals surface area contributed by atoms with Crippen molar-refractivity contribution in [1.82, 2.24) is 10.9 Å². The number of primary amides is 1. The first-order chi connectivity index (χ1) is 8.29. The minimum absolute atomic E-state index is 0.196. The van der Waals surface area contributed by atoms with Crippen LogP contribution in [0.2, 0.25) is 0 Å². The third-order valence-corrected chi connectivity index (χ3v) is 2.60. The zero-order chi connectivity index (χ0) is 14.3. The van der Waals surface area contributed by atoms with Crippen LogP contribution >= 0.6 is 0 Å². The maximum absolute atomic E-state index is 11.0. The average Bonchev–Trinajstić information content (AvgIpc) is 2.26. The summed E-state index contributed by atoms with van der Waals surface area (Å²) in [6.45, 7) is 3.54. The molecule has 0 bridgehead atoms. The molecule has 0 fully saturated rings. The summed E-state index contributed by atoms with van der Waals surface area (Å²) < 4.78 is 0. The van der Waals surface area contributed by atoms with Crippen molar-refractivity contribution < 1.29 is 24.6 Å². The first-order valence-electron chi connectivity index (χ1n) is 5.54. The zero-order valence-corrected chi connectivity index (χ0v) is 10.3. The van der Waals surface area contributed by atoms with Crippen molar-refractivity contribution in [3.05, 3.63) is 0 Å². The molecule has 0 unspecified atom stereocenters. The van der Waals surface area contributed by atoms with Gasteiger partial charge in [-0.1, -0.05) is 20.3 Å². The maximum atomic E-state index is 11.0. The highest BCUT2D eigenvalue weighted by Gasteiger charge is 2.26. The molecule has 0 aromatic rings. The van der Waals surface area contributed by atoms with Crippen LogP contribution in [-0.4, -0.2) is 40.1 Å². The molecule has 0 heterocycles. The van der Waals surface area contributed by atoms with Crippen LogP contribution in [0.3, 0.4) is 0 Å². The molecular formula is C10H19N3O5. The van der Waals surface area contributed by atoms with Crippen LogP contribution < -0.4 is 16.6 Å². The fourth-order valence-corrected chi connectivity index (χ4v) is 1.27. The first-order valence-corrected chi connectivity index (χ1v) is 5.54. The molecule has 0 saturated heterocycles. The predicted molar refractivity (Wildman–Crippen MR) is 62.4 cm³/mol. The molecule has 18 heavy (non-hydrogen) atoms. The van der Waals surface area contributed by atoms with E-state index in [1.54, 1.807) is 6.92 Å². The highest BCUT2D eigenvalue weighted by molar-refractivity contribution is 5.83. The Morgan fingerprint density at radius 1 is 1.17 bits per heavy atom. The predicted octanol–water partition coefficient (Wildman–Crippen LogP) is -1.09. The summed E-state index contributed by atoms with van der Waals surface area (Å²) in [6.07, 6.45) is 0.189. The Morgan fingerprint density at radius 2 is 1.72 bits per heavy atom. The second-order valence-corrected chi connectivity index (χ2v) is 4.05. The largest absolute Gasteiger partial charge is 0.480 e. The van der Waals surface area contributed by atoms with E-state index in [-0.39, 0.29) is 5.92 Å². The number of hydrogen-bond donors (Lipinski definition) is 5. The van der Waals surface area contributed by atoms with Gasteiger partial charge in [-0.3, -0.25) is 14.4 Å². The summed E-state index contributed by atoms with van der Waals surface area (Å²) in [5.41, 5.74) is 9.63. The van der Waals surface area contributed by atoms with Gasteiger partial charge in [-0.25, -0.2) is 10.9 Å². The van der Waals surface area contributed by atoms with Crippen molar-refractivity contribution in [2.24, 2.45) is 11.7 Å². The number of nitrogens with one attached hydrogen (secondary N) is 2. The van der Waals surface area contributed by atoms with Crippen LogP contribution in [0.25, 0.3) is 0 Å². The molecule has 0 radical (unpaired) electrons. The molecule has 0 saturated carbocycles. The number of hydrogen-bond acceptors (Lipinski definition) is 5. The van der Waals surface area contributed by atoms with Crippen molar-refractivity contribution >= 4 is 17.8 Å². The van der Waals surface area contributed by atoms with Crippen LogP contribution in [0.15, 0.2) is 0 Å². The fraction of sp³-hybridized carbons (Fsp3) is 0.700. The molecule has 3 atom stereocenters. The third-order valence-electron chi connectivity index (χ3n) is 2.60. The van der Waals surface area contributed by atoms with Gasteiger partial charge in [0, 0.05) is 0 Å². The Morgan fingerprint density at radius 3 is 2.06 bits per heavy atom. The molecule has 104 valence electrons. The molecule has 8 nitrogen and oxygen atoms in total. The van der Waals surface area contributed by atoms with Gasteiger partial charge in [0.15, 0.2) is 0 Å². The molecule has 1 amide bonds. The van der Waals surface area contributed by atoms with Crippen molar-refractivity contribution in [1.29, 1.82) is 0 Å². The van der Waals surface area contributed by atoms with E-state index in [4.69, 9.17) is 15.9 Å². The number of hydrazine groups is 1. The number of nitrogens with two attached hydrogens (primary N) is 1. The van der Waals surface area contributed by atoms with E-state index in [1.165, 1.54) is 0 Å². The molecule has 0 rings (SSSR count). The molecule has 0 aliphatic carbocycles. The number of carboxylic acids is 2. The van der Waals surface area contributed by atoms with E-state index >= 15 is 0 Å². The molecule has 0 aliphatic rings. The highest BCUT2D eigenvalue weighted by Crippen LogP contribution is 2.07. The number of amides is 1. The van der Waals surface area contributed by atoms with E-state index in [2.05, 4.69) is 10.9 Å². The van der Waals surface area contributed by atoms with E-state index in [0.29, 0.717) is 6.42 Å². The van der Waals surface area contributed by atoms with Gasteiger partial charge in [0.05, 0.1) is 6.42 Å². The Bertz CT molecular complexity index is 321. The maximum Gasteiger partial charge on any atom is 0.322 e. The summed E-state index contributed by atoms with van der Waals surface area (Å²) in [6, 6.07) is -2.20. The Labute approximate surface area is 105 Å². The summed E-state index contributed by atoms with van der Waals surface area (Å²) in [5.74, 6) is -3.36. The molecule has 0 aromatic heterocycles. The smallest absolute Gasteiger partial charge is 0.322 e. The lowest BCUT2D eigenvalue weighted by molar-refractivity contribution is -0.144. The molecule has 6 N–H and O–H groups in total. The molecular weight excluding hydrogens is 242 g/mol. The van der Waals surface area contributed by atoms with Gasteiger partial charge in [-0.2, -0.15) is 0 Å². The minimum Gasteiger partial charge on any atom is -0.480 e. The standard InChI is InChI=1S/C10H19N3O5/c1-3-5(2)8(10(17)18)13-12-6(9(15)16)4-7(11)14/h5-6,8,12-13H,3-4H2,1-2H3,(H2,11,14)(H,15,16)(H,17,18)/t5-,6-,8-/m0/s1. The van der Waals surface area contributed by atoms with Crippen molar-refractivity contribution in [2.75, 3.05) is 0 Å². The highest BCUT2D eigenvalue weighted by atomic mass is 16.4. The number of carboxylic acid groups (broad SMARTS) is 2. The van der Waals surface area contributed by atoms with E-state index in [0.717, 1.165) is 0 Å². The minimum atomic E-state index is -1.28. The summed E-state index contributed by atoms with van der Waals surface area (Å²) in [4.78, 5) is 32.4. The van der Waals surface area contributed by atoms with Gasteiger partial charge < -0.3 is 15.9 Å². The van der Waals surface area contributed by atoms with E-state index < -0.39 is 36.4 Å². The van der Waals surface area contributed by atoms with Crippen LogP contribution in [0, 0.1) is 5.92 Å². The second-order valence-electron chi connectivity index (χ2n) is 4.05. The van der Waals surface area contributed by atoms with Crippen molar-refractivity contribution in [3.63, 3.8) is 0 Å². The number of carbonyl (C=O) groups excluding carboxylic acids is 1. The SMILES string of the molecule is CC[C@H](C)[C@H](NN[C@@H](CC(N)=O)C(=O)O)C(=O)O. The zero-order valence-electron chi connectivity index (χ0n) is 10.3. The molecule has 8 heteroatoms. The quantitative estimate of drug-likeness (QED) is 0.332. The molecule has 0 spiro atoms. The van der Waals surface area contributed by atoms with Gasteiger partial charge >= 0.3 is 11.9 Å². The number of rotatable bonds is 9. The van der Waals surface area contributed by atoms with Crippen LogP contribution in [-0.2, 0) is 14.4 Å².